The molecule has 0 aliphatic carbocycles. The van der Waals surface area contributed by atoms with E-state index in [1.807, 2.05) is 38.1 Å². The van der Waals surface area contributed by atoms with Gasteiger partial charge in [-0.2, -0.15) is 0 Å². The summed E-state index contributed by atoms with van der Waals surface area (Å²) < 4.78 is 0. The summed E-state index contributed by atoms with van der Waals surface area (Å²) in [6, 6.07) is 12.1. The molecule has 5 nitrogen and oxygen atoms in total. The maximum Gasteiger partial charge on any atom is 0.227 e. The lowest BCUT2D eigenvalue weighted by atomic mass is 10.1. The van der Waals surface area contributed by atoms with Crippen LogP contribution in [0.15, 0.2) is 41.4 Å². The number of benzene rings is 1. The Morgan fingerprint density at radius 1 is 1.19 bits per heavy atom. The van der Waals surface area contributed by atoms with Crippen molar-refractivity contribution in [3.05, 3.63) is 51.7 Å². The van der Waals surface area contributed by atoms with Crippen molar-refractivity contribution >= 4 is 28.9 Å². The third-order valence-corrected chi connectivity index (χ3v) is 5.16. The minimum atomic E-state index is 0.0145. The van der Waals surface area contributed by atoms with E-state index in [1.54, 1.807) is 18.4 Å². The zero-order valence-corrected chi connectivity index (χ0v) is 16.7. The lowest BCUT2D eigenvalue weighted by Crippen LogP contribution is -2.36. The molecule has 26 heavy (non-hydrogen) atoms. The molecule has 2 aromatic rings. The van der Waals surface area contributed by atoms with E-state index in [1.165, 1.54) is 9.75 Å². The smallest absolute Gasteiger partial charge is 0.227 e. The van der Waals surface area contributed by atoms with E-state index in [0.29, 0.717) is 6.54 Å². The molecule has 0 bridgehead atoms. The Balaban J connectivity index is 1.87. The zero-order valence-electron chi connectivity index (χ0n) is 15.9. The van der Waals surface area contributed by atoms with E-state index in [9.17, 15) is 4.79 Å². The Morgan fingerprint density at radius 2 is 1.96 bits per heavy atom. The van der Waals surface area contributed by atoms with Crippen LogP contribution in [-0.2, 0) is 17.9 Å². The molecule has 1 aromatic heterocycles. The number of nitrogens with zero attached hydrogens (tertiary/aromatic N) is 1. The van der Waals surface area contributed by atoms with Gasteiger partial charge < -0.3 is 16.0 Å². The second-order valence-corrected chi connectivity index (χ2v) is 7.66. The fourth-order valence-corrected chi connectivity index (χ4v) is 3.20. The summed E-state index contributed by atoms with van der Waals surface area (Å²) in [5, 5.41) is 9.60. The minimum Gasteiger partial charge on any atom is -0.352 e. The second-order valence-electron chi connectivity index (χ2n) is 6.29. The molecule has 2 rings (SSSR count). The number of hydrogen-bond donors (Lipinski definition) is 3. The Morgan fingerprint density at radius 3 is 2.62 bits per heavy atom. The molecule has 0 saturated heterocycles. The number of anilines is 1. The van der Waals surface area contributed by atoms with Crippen molar-refractivity contribution in [2.45, 2.75) is 40.3 Å². The average molecular weight is 373 g/mol. The SMILES string of the molecule is CCC(C)C(=O)Nc1cccc(CNC(=NC)NCc2ccc(C)s2)c1. The van der Waals surface area contributed by atoms with Crippen molar-refractivity contribution in [1.29, 1.82) is 0 Å². The van der Waals surface area contributed by atoms with Gasteiger partial charge in [-0.05, 0) is 43.2 Å². The van der Waals surface area contributed by atoms with Crippen LogP contribution >= 0.6 is 11.3 Å². The predicted molar refractivity (Wildman–Crippen MR) is 111 cm³/mol. The van der Waals surface area contributed by atoms with Gasteiger partial charge in [-0.1, -0.05) is 26.0 Å². The molecule has 0 aliphatic rings. The quantitative estimate of drug-likeness (QED) is 0.510. The molecule has 0 fully saturated rings. The lowest BCUT2D eigenvalue weighted by Gasteiger charge is -2.13. The van der Waals surface area contributed by atoms with E-state index in [-0.39, 0.29) is 11.8 Å². The van der Waals surface area contributed by atoms with E-state index < -0.39 is 0 Å². The first-order valence-corrected chi connectivity index (χ1v) is 9.73. The monoisotopic (exact) mass is 372 g/mol. The van der Waals surface area contributed by atoms with Crippen LogP contribution in [0.1, 0.15) is 35.6 Å². The molecular weight excluding hydrogens is 344 g/mol. The molecule has 1 aromatic carbocycles. The molecular formula is C20H28N4OS. The van der Waals surface area contributed by atoms with Crippen LogP contribution in [-0.4, -0.2) is 18.9 Å². The molecule has 1 atom stereocenters. The zero-order chi connectivity index (χ0) is 18.9. The van der Waals surface area contributed by atoms with E-state index in [4.69, 9.17) is 0 Å². The minimum absolute atomic E-state index is 0.0145. The van der Waals surface area contributed by atoms with Crippen LogP contribution < -0.4 is 16.0 Å². The number of nitrogens with one attached hydrogen (secondary N) is 3. The molecule has 0 saturated carbocycles. The van der Waals surface area contributed by atoms with E-state index in [2.05, 4.69) is 40.0 Å². The molecule has 1 amide bonds. The van der Waals surface area contributed by atoms with Gasteiger partial charge in [-0.25, -0.2) is 0 Å². The summed E-state index contributed by atoms with van der Waals surface area (Å²) in [6.07, 6.45) is 0.832. The summed E-state index contributed by atoms with van der Waals surface area (Å²) in [7, 11) is 1.76. The first-order valence-electron chi connectivity index (χ1n) is 8.91. The van der Waals surface area contributed by atoms with Gasteiger partial charge in [0.05, 0.1) is 6.54 Å². The van der Waals surface area contributed by atoms with Crippen molar-refractivity contribution in [3.8, 4) is 0 Å². The van der Waals surface area contributed by atoms with Crippen LogP contribution in [0, 0.1) is 12.8 Å². The second kappa shape index (κ2) is 9.97. The topological polar surface area (TPSA) is 65.5 Å². The van der Waals surface area contributed by atoms with E-state index >= 15 is 0 Å². The molecule has 0 spiro atoms. The van der Waals surface area contributed by atoms with Crippen LogP contribution in [0.25, 0.3) is 0 Å². The fourth-order valence-electron chi connectivity index (χ4n) is 2.37. The Bertz CT molecular complexity index is 754. The standard InChI is InChI=1S/C20H28N4OS/c1-5-14(2)19(25)24-17-8-6-7-16(11-17)12-22-20(21-4)23-13-18-10-9-15(3)26-18/h6-11,14H,5,12-13H2,1-4H3,(H,24,25)(H2,21,22,23). The van der Waals surface area contributed by atoms with Gasteiger partial charge in [0, 0.05) is 35.0 Å². The van der Waals surface area contributed by atoms with Crippen molar-refractivity contribution in [1.82, 2.24) is 10.6 Å². The number of aryl methyl sites for hydroxylation is 1. The molecule has 1 heterocycles. The van der Waals surface area contributed by atoms with Gasteiger partial charge in [-0.15, -0.1) is 11.3 Å². The first-order chi connectivity index (χ1) is 12.5. The number of guanidine groups is 1. The summed E-state index contributed by atoms with van der Waals surface area (Å²) >= 11 is 1.78. The Labute approximate surface area is 159 Å². The number of hydrogen-bond acceptors (Lipinski definition) is 3. The largest absolute Gasteiger partial charge is 0.352 e. The lowest BCUT2D eigenvalue weighted by molar-refractivity contribution is -0.119. The highest BCUT2D eigenvalue weighted by atomic mass is 32.1. The molecule has 1 unspecified atom stereocenters. The van der Waals surface area contributed by atoms with Gasteiger partial charge >= 0.3 is 0 Å². The number of carbonyl (C=O) groups is 1. The van der Waals surface area contributed by atoms with Gasteiger partial charge in [0.15, 0.2) is 5.96 Å². The number of aliphatic imine (C=N–C) groups is 1. The molecule has 3 N–H and O–H groups in total. The molecule has 6 heteroatoms. The first kappa shape index (κ1) is 20.0. The van der Waals surface area contributed by atoms with Crippen LogP contribution in [0.2, 0.25) is 0 Å². The maximum atomic E-state index is 12.0. The number of carbonyl (C=O) groups excluding carboxylic acids is 1. The van der Waals surface area contributed by atoms with Gasteiger partial charge in [0.2, 0.25) is 5.91 Å². The highest BCUT2D eigenvalue weighted by Gasteiger charge is 2.10. The van der Waals surface area contributed by atoms with Crippen molar-refractivity contribution in [3.63, 3.8) is 0 Å². The van der Waals surface area contributed by atoms with Crippen LogP contribution in [0.3, 0.4) is 0 Å². The summed E-state index contributed by atoms with van der Waals surface area (Å²) in [6.45, 7) is 7.44. The van der Waals surface area contributed by atoms with Crippen molar-refractivity contribution in [2.24, 2.45) is 10.9 Å². The summed E-state index contributed by atoms with van der Waals surface area (Å²) in [5.41, 5.74) is 1.91. The Kier molecular flexibility index (Phi) is 7.66. The number of rotatable bonds is 7. The average Bonchev–Trinajstić information content (AvgIpc) is 3.06. The van der Waals surface area contributed by atoms with Crippen molar-refractivity contribution in [2.75, 3.05) is 12.4 Å². The highest BCUT2D eigenvalue weighted by Crippen LogP contribution is 2.15. The molecule has 0 radical (unpaired) electrons. The third kappa shape index (κ3) is 6.19. The van der Waals surface area contributed by atoms with Gasteiger partial charge in [-0.3, -0.25) is 9.79 Å². The number of thiophene rings is 1. The number of amides is 1. The highest BCUT2D eigenvalue weighted by molar-refractivity contribution is 7.11. The van der Waals surface area contributed by atoms with Gasteiger partial charge in [0.1, 0.15) is 0 Å². The summed E-state index contributed by atoms with van der Waals surface area (Å²) in [4.78, 5) is 18.9. The molecule has 0 aliphatic heterocycles. The third-order valence-electron chi connectivity index (χ3n) is 4.16. The predicted octanol–water partition coefficient (Wildman–Crippen LogP) is 3.91. The van der Waals surface area contributed by atoms with Gasteiger partial charge in [0.25, 0.3) is 0 Å². The van der Waals surface area contributed by atoms with Crippen LogP contribution in [0.5, 0.6) is 0 Å². The molecule has 140 valence electrons. The van der Waals surface area contributed by atoms with Crippen LogP contribution in [0.4, 0.5) is 5.69 Å². The fraction of sp³-hybridized carbons (Fsp3) is 0.400. The Hall–Kier alpha value is -2.34. The summed E-state index contributed by atoms with van der Waals surface area (Å²) in [5.74, 6) is 0.826. The normalized spacial score (nSPS) is 12.5. The van der Waals surface area contributed by atoms with E-state index in [0.717, 1.165) is 30.2 Å². The maximum absolute atomic E-state index is 12.0. The van der Waals surface area contributed by atoms with Crippen molar-refractivity contribution < 1.29 is 4.79 Å².